The fourth-order valence-electron chi connectivity index (χ4n) is 2.21. The van der Waals surface area contributed by atoms with Crippen LogP contribution in [0.3, 0.4) is 0 Å². The third kappa shape index (κ3) is 5.58. The van der Waals surface area contributed by atoms with E-state index in [-0.39, 0.29) is 11.7 Å². The number of aryl methyl sites for hydroxylation is 1. The predicted octanol–water partition coefficient (Wildman–Crippen LogP) is 1.91. The van der Waals surface area contributed by atoms with Crippen molar-refractivity contribution in [2.24, 2.45) is 0 Å². The quantitative estimate of drug-likeness (QED) is 0.397. The molecule has 9 heteroatoms. The first-order chi connectivity index (χ1) is 13.0. The molecule has 1 heterocycles. The van der Waals surface area contributed by atoms with E-state index >= 15 is 0 Å². The largest absolute Gasteiger partial charge is 0.497 e. The van der Waals surface area contributed by atoms with Crippen LogP contribution in [0.4, 0.5) is 0 Å². The minimum atomic E-state index is -0.879. The van der Waals surface area contributed by atoms with Gasteiger partial charge in [-0.1, -0.05) is 23.9 Å². The van der Waals surface area contributed by atoms with E-state index in [1.54, 1.807) is 13.2 Å². The molecule has 0 aliphatic carbocycles. The Morgan fingerprint density at radius 1 is 1.41 bits per heavy atom. The zero-order chi connectivity index (χ0) is 19.8. The maximum atomic E-state index is 12.0. The second-order valence-corrected chi connectivity index (χ2v) is 6.46. The molecule has 0 bridgehead atoms. The average molecular weight is 390 g/mol. The maximum Gasteiger partial charge on any atom is 0.317 e. The third-order valence-electron chi connectivity index (χ3n) is 3.52. The van der Waals surface area contributed by atoms with Crippen molar-refractivity contribution in [3.05, 3.63) is 42.7 Å². The van der Waals surface area contributed by atoms with Crippen molar-refractivity contribution in [1.82, 2.24) is 20.1 Å². The van der Waals surface area contributed by atoms with Crippen LogP contribution in [0, 0.1) is 6.92 Å². The molecule has 0 saturated carbocycles. The number of amides is 1. The van der Waals surface area contributed by atoms with Gasteiger partial charge in [-0.2, -0.15) is 0 Å². The number of benzene rings is 1. The van der Waals surface area contributed by atoms with E-state index in [0.29, 0.717) is 23.3 Å². The highest BCUT2D eigenvalue weighted by Crippen LogP contribution is 2.24. The number of nitrogens with one attached hydrogen (secondary N) is 1. The van der Waals surface area contributed by atoms with Crippen LogP contribution >= 0.6 is 11.8 Å². The van der Waals surface area contributed by atoms with Crippen molar-refractivity contribution < 1.29 is 19.1 Å². The van der Waals surface area contributed by atoms with E-state index in [2.05, 4.69) is 22.1 Å². The van der Waals surface area contributed by atoms with Crippen LogP contribution in [-0.4, -0.2) is 52.2 Å². The van der Waals surface area contributed by atoms with Crippen molar-refractivity contribution in [3.8, 4) is 11.4 Å². The summed E-state index contributed by atoms with van der Waals surface area (Å²) in [6.07, 6.45) is 0.673. The highest BCUT2D eigenvalue weighted by Gasteiger charge is 2.19. The predicted molar refractivity (Wildman–Crippen MR) is 102 cm³/mol. The van der Waals surface area contributed by atoms with Gasteiger partial charge in [-0.05, 0) is 26.0 Å². The number of methoxy groups -OCH3 is 1. The van der Waals surface area contributed by atoms with Gasteiger partial charge in [0.1, 0.15) is 11.6 Å². The number of rotatable bonds is 9. The summed E-state index contributed by atoms with van der Waals surface area (Å²) < 4.78 is 12.2. The monoisotopic (exact) mass is 390 g/mol. The van der Waals surface area contributed by atoms with Crippen LogP contribution in [0.5, 0.6) is 5.75 Å². The molecule has 1 atom stereocenters. The molecule has 0 fully saturated rings. The van der Waals surface area contributed by atoms with E-state index in [4.69, 9.17) is 9.47 Å². The fourth-order valence-corrected chi connectivity index (χ4v) is 2.99. The number of ether oxygens (including phenoxy) is 2. The molecule has 0 aliphatic rings. The summed E-state index contributed by atoms with van der Waals surface area (Å²) >= 11 is 1.18. The first-order valence-corrected chi connectivity index (χ1v) is 9.22. The zero-order valence-electron chi connectivity index (χ0n) is 15.5. The number of carbonyl (C=O) groups excluding carboxylic acids is 2. The summed E-state index contributed by atoms with van der Waals surface area (Å²) in [6.45, 7) is 7.17. The molecule has 1 aromatic carbocycles. The minimum absolute atomic E-state index is 0.00117. The van der Waals surface area contributed by atoms with E-state index in [9.17, 15) is 9.59 Å². The van der Waals surface area contributed by atoms with Crippen LogP contribution in [-0.2, 0) is 14.3 Å². The normalized spacial score (nSPS) is 11.5. The Bertz CT molecular complexity index is 821. The lowest BCUT2D eigenvalue weighted by Crippen LogP contribution is -2.36. The molecule has 1 amide bonds. The Kier molecular flexibility index (Phi) is 7.42. The molecule has 0 saturated heterocycles. The van der Waals surface area contributed by atoms with Crippen molar-refractivity contribution in [1.29, 1.82) is 0 Å². The number of hydrogen-bond acceptors (Lipinski definition) is 7. The second kappa shape index (κ2) is 9.77. The van der Waals surface area contributed by atoms with Crippen molar-refractivity contribution in [2.75, 3.05) is 19.4 Å². The van der Waals surface area contributed by atoms with Gasteiger partial charge in [-0.25, -0.2) is 0 Å². The van der Waals surface area contributed by atoms with Crippen molar-refractivity contribution >= 4 is 23.6 Å². The second-order valence-electron chi connectivity index (χ2n) is 5.52. The van der Waals surface area contributed by atoms with Crippen LogP contribution in [0.1, 0.15) is 12.7 Å². The Morgan fingerprint density at radius 2 is 2.19 bits per heavy atom. The average Bonchev–Trinajstić information content (AvgIpc) is 3.04. The number of esters is 1. The summed E-state index contributed by atoms with van der Waals surface area (Å²) in [6, 6.07) is 7.45. The van der Waals surface area contributed by atoms with Gasteiger partial charge in [-0.3, -0.25) is 14.2 Å². The van der Waals surface area contributed by atoms with E-state index in [1.807, 2.05) is 35.8 Å². The molecule has 0 aliphatic heterocycles. The van der Waals surface area contributed by atoms with Gasteiger partial charge in [0.2, 0.25) is 0 Å². The topological polar surface area (TPSA) is 95.3 Å². The van der Waals surface area contributed by atoms with Crippen LogP contribution in [0.15, 0.2) is 42.1 Å². The van der Waals surface area contributed by atoms with Gasteiger partial charge in [-0.15, -0.1) is 16.8 Å². The third-order valence-corrected chi connectivity index (χ3v) is 4.43. The SMILES string of the molecule is C=CCNC(=O)[C@@H](C)OC(=O)CSc1nnc(C)n1-c1cccc(OC)c1. The highest BCUT2D eigenvalue weighted by atomic mass is 32.2. The molecule has 2 aromatic rings. The summed E-state index contributed by atoms with van der Waals surface area (Å²) in [5.74, 6) is 0.496. The first-order valence-electron chi connectivity index (χ1n) is 8.23. The molecule has 2 rings (SSSR count). The van der Waals surface area contributed by atoms with E-state index in [0.717, 1.165) is 5.69 Å². The fraction of sp³-hybridized carbons (Fsp3) is 0.333. The Morgan fingerprint density at radius 3 is 2.89 bits per heavy atom. The number of hydrogen-bond donors (Lipinski definition) is 1. The summed E-state index contributed by atoms with van der Waals surface area (Å²) in [7, 11) is 1.59. The summed E-state index contributed by atoms with van der Waals surface area (Å²) in [5.41, 5.74) is 0.824. The standard InChI is InChI=1S/C18H22N4O4S/c1-5-9-19-17(24)12(2)26-16(23)11-27-18-21-20-13(3)22(18)14-7-6-8-15(10-14)25-4/h5-8,10,12H,1,9,11H2,2-4H3,(H,19,24)/t12-/m1/s1. The van der Waals surface area contributed by atoms with Gasteiger partial charge in [0, 0.05) is 12.6 Å². The van der Waals surface area contributed by atoms with Crippen LogP contribution in [0.25, 0.3) is 5.69 Å². The molecule has 1 N–H and O–H groups in total. The van der Waals surface area contributed by atoms with Crippen molar-refractivity contribution in [2.45, 2.75) is 25.1 Å². The molecule has 0 unspecified atom stereocenters. The number of thioether (sulfide) groups is 1. The number of nitrogens with zero attached hydrogens (tertiary/aromatic N) is 3. The summed E-state index contributed by atoms with van der Waals surface area (Å²) in [4.78, 5) is 23.8. The van der Waals surface area contributed by atoms with Gasteiger partial charge < -0.3 is 14.8 Å². The molecule has 8 nitrogen and oxygen atoms in total. The van der Waals surface area contributed by atoms with Gasteiger partial charge in [0.25, 0.3) is 5.91 Å². The lowest BCUT2D eigenvalue weighted by Gasteiger charge is -2.13. The zero-order valence-corrected chi connectivity index (χ0v) is 16.3. The molecule has 0 spiro atoms. The highest BCUT2D eigenvalue weighted by molar-refractivity contribution is 7.99. The van der Waals surface area contributed by atoms with E-state index < -0.39 is 12.1 Å². The maximum absolute atomic E-state index is 12.0. The van der Waals surface area contributed by atoms with Gasteiger partial charge in [0.05, 0.1) is 18.6 Å². The molecule has 1 aromatic heterocycles. The molecular weight excluding hydrogens is 368 g/mol. The lowest BCUT2D eigenvalue weighted by atomic mass is 10.3. The lowest BCUT2D eigenvalue weighted by molar-refractivity contribution is -0.152. The first kappa shape index (κ1) is 20.5. The Labute approximate surface area is 161 Å². The summed E-state index contributed by atoms with van der Waals surface area (Å²) in [5, 5.41) is 11.3. The number of carbonyl (C=O) groups is 2. The van der Waals surface area contributed by atoms with Gasteiger partial charge in [0.15, 0.2) is 11.3 Å². The minimum Gasteiger partial charge on any atom is -0.497 e. The van der Waals surface area contributed by atoms with Crippen LogP contribution in [0.2, 0.25) is 0 Å². The number of aromatic nitrogens is 3. The smallest absolute Gasteiger partial charge is 0.317 e. The molecule has 27 heavy (non-hydrogen) atoms. The van der Waals surface area contributed by atoms with Gasteiger partial charge >= 0.3 is 5.97 Å². The molecule has 0 radical (unpaired) electrons. The van der Waals surface area contributed by atoms with Crippen molar-refractivity contribution in [3.63, 3.8) is 0 Å². The Balaban J connectivity index is 2.01. The van der Waals surface area contributed by atoms with E-state index in [1.165, 1.54) is 18.7 Å². The Hall–Kier alpha value is -2.81. The molecular formula is C18H22N4O4S. The molecule has 144 valence electrons. The van der Waals surface area contributed by atoms with Crippen LogP contribution < -0.4 is 10.1 Å².